The Morgan fingerprint density at radius 1 is 0.960 bits per heavy atom. The second-order valence-electron chi connectivity index (χ2n) is 5.29. The van der Waals surface area contributed by atoms with Crippen LogP contribution in [0.3, 0.4) is 0 Å². The van der Waals surface area contributed by atoms with Crippen LogP contribution in [0.2, 0.25) is 0 Å². The predicted molar refractivity (Wildman–Crippen MR) is 107 cm³/mol. The Balaban J connectivity index is 1.56. The number of rotatable bonds is 5. The summed E-state index contributed by atoms with van der Waals surface area (Å²) in [5.41, 5.74) is 10.1. The van der Waals surface area contributed by atoms with Crippen molar-refractivity contribution in [3.63, 3.8) is 0 Å². The van der Waals surface area contributed by atoms with E-state index in [0.29, 0.717) is 5.17 Å². The Bertz CT molecular complexity index is 844. The maximum absolute atomic E-state index is 5.88. The maximum Gasteiger partial charge on any atom is 0.180 e. The van der Waals surface area contributed by atoms with E-state index < -0.39 is 0 Å². The van der Waals surface area contributed by atoms with Gasteiger partial charge in [-0.05, 0) is 23.3 Å². The minimum absolute atomic E-state index is 0.449. The first kappa shape index (κ1) is 16.9. The number of aromatic nitrogens is 1. The molecule has 4 nitrogen and oxygen atoms in total. The highest BCUT2D eigenvalue weighted by molar-refractivity contribution is 8.13. The molecule has 5 heteroatoms. The summed E-state index contributed by atoms with van der Waals surface area (Å²) in [5, 5.41) is 8.54. The van der Waals surface area contributed by atoms with Gasteiger partial charge < -0.3 is 5.73 Å². The summed E-state index contributed by atoms with van der Waals surface area (Å²) in [4.78, 5) is 4.33. The van der Waals surface area contributed by atoms with Crippen LogP contribution < -0.4 is 5.73 Å². The molecule has 0 atom stereocenters. The Hall–Kier alpha value is -2.92. The van der Waals surface area contributed by atoms with Gasteiger partial charge in [0.2, 0.25) is 0 Å². The largest absolute Gasteiger partial charge is 0.377 e. The monoisotopic (exact) mass is 346 g/mol. The molecule has 0 saturated carbocycles. The van der Waals surface area contributed by atoms with Crippen LogP contribution in [0, 0.1) is 0 Å². The van der Waals surface area contributed by atoms with Crippen molar-refractivity contribution in [3.05, 3.63) is 90.1 Å². The molecule has 0 radical (unpaired) electrons. The van der Waals surface area contributed by atoms with Gasteiger partial charge in [-0.3, -0.25) is 4.98 Å². The topological polar surface area (TPSA) is 63.6 Å². The number of benzene rings is 2. The summed E-state index contributed by atoms with van der Waals surface area (Å²) in [6, 6.07) is 24.0. The fourth-order valence-corrected chi connectivity index (χ4v) is 2.80. The number of thioether (sulfide) groups is 1. The van der Waals surface area contributed by atoms with Crippen LogP contribution in [-0.4, -0.2) is 16.4 Å². The molecule has 0 bridgehead atoms. The van der Waals surface area contributed by atoms with E-state index in [1.165, 1.54) is 17.3 Å². The zero-order chi connectivity index (χ0) is 17.3. The Kier molecular flexibility index (Phi) is 5.96. The number of amidine groups is 1. The Morgan fingerprint density at radius 3 is 2.44 bits per heavy atom. The lowest BCUT2D eigenvalue weighted by Crippen LogP contribution is -2.05. The lowest BCUT2D eigenvalue weighted by molar-refractivity contribution is 1.25. The molecular formula is C20H18N4S. The number of hydrogen-bond donors (Lipinski definition) is 1. The molecule has 0 spiro atoms. The van der Waals surface area contributed by atoms with Gasteiger partial charge >= 0.3 is 0 Å². The van der Waals surface area contributed by atoms with Crippen LogP contribution in [0.15, 0.2) is 89.2 Å². The zero-order valence-electron chi connectivity index (χ0n) is 13.6. The summed E-state index contributed by atoms with van der Waals surface area (Å²) in [7, 11) is 0. The van der Waals surface area contributed by atoms with Crippen LogP contribution in [0.5, 0.6) is 0 Å². The van der Waals surface area contributed by atoms with Gasteiger partial charge in [0, 0.05) is 17.5 Å². The third kappa shape index (κ3) is 5.29. The van der Waals surface area contributed by atoms with Crippen molar-refractivity contribution in [3.8, 4) is 11.3 Å². The van der Waals surface area contributed by atoms with E-state index >= 15 is 0 Å². The highest BCUT2D eigenvalue weighted by Crippen LogP contribution is 2.16. The van der Waals surface area contributed by atoms with Crippen molar-refractivity contribution in [2.24, 2.45) is 15.9 Å². The summed E-state index contributed by atoms with van der Waals surface area (Å²) in [6.07, 6.45) is 3.48. The molecule has 0 aliphatic rings. The molecule has 3 aromatic rings. The molecule has 3 rings (SSSR count). The van der Waals surface area contributed by atoms with Crippen molar-refractivity contribution in [2.75, 3.05) is 0 Å². The van der Waals surface area contributed by atoms with Gasteiger partial charge in [-0.2, -0.15) is 5.10 Å². The van der Waals surface area contributed by atoms with Crippen LogP contribution in [0.4, 0.5) is 0 Å². The van der Waals surface area contributed by atoms with Gasteiger partial charge in [0.15, 0.2) is 5.17 Å². The molecular weight excluding hydrogens is 328 g/mol. The Morgan fingerprint density at radius 2 is 1.72 bits per heavy atom. The minimum atomic E-state index is 0.449. The third-order valence-electron chi connectivity index (χ3n) is 3.46. The number of hydrogen-bond acceptors (Lipinski definition) is 4. The van der Waals surface area contributed by atoms with Gasteiger partial charge in [-0.1, -0.05) is 72.4 Å². The van der Waals surface area contributed by atoms with E-state index in [1.54, 1.807) is 12.4 Å². The number of pyridine rings is 1. The molecule has 1 aromatic heterocycles. The molecule has 25 heavy (non-hydrogen) atoms. The van der Waals surface area contributed by atoms with E-state index in [2.05, 4.69) is 27.3 Å². The number of nitrogens with zero attached hydrogens (tertiary/aromatic N) is 3. The lowest BCUT2D eigenvalue weighted by atomic mass is 10.1. The smallest absolute Gasteiger partial charge is 0.180 e. The Labute approximate surface area is 151 Å². The van der Waals surface area contributed by atoms with Crippen LogP contribution >= 0.6 is 11.8 Å². The van der Waals surface area contributed by atoms with Crippen molar-refractivity contribution in [1.82, 2.24) is 4.98 Å². The maximum atomic E-state index is 5.88. The van der Waals surface area contributed by atoms with Crippen molar-refractivity contribution < 1.29 is 0 Å². The average molecular weight is 346 g/mol. The van der Waals surface area contributed by atoms with Gasteiger partial charge in [-0.25, -0.2) is 0 Å². The zero-order valence-corrected chi connectivity index (χ0v) is 14.4. The van der Waals surface area contributed by atoms with E-state index in [1.807, 2.05) is 60.7 Å². The minimum Gasteiger partial charge on any atom is -0.377 e. The molecule has 0 fully saturated rings. The summed E-state index contributed by atoms with van der Waals surface area (Å²) >= 11 is 1.47. The standard InChI is InChI=1S/C20H18N4S/c21-20(25-15-17-6-2-1-3-7-17)24-23-14-16-9-11-18(12-10-16)19-8-4-5-13-22-19/h1-14H,15H2,(H2,21,24). The lowest BCUT2D eigenvalue weighted by Gasteiger charge is -2.00. The quantitative estimate of drug-likeness (QED) is 0.425. The summed E-state index contributed by atoms with van der Waals surface area (Å²) in [6.45, 7) is 0. The first-order valence-electron chi connectivity index (χ1n) is 7.86. The molecule has 0 saturated heterocycles. The molecule has 124 valence electrons. The molecule has 1 heterocycles. The fourth-order valence-electron chi connectivity index (χ4n) is 2.19. The van der Waals surface area contributed by atoms with Gasteiger partial charge in [-0.15, -0.1) is 5.10 Å². The van der Waals surface area contributed by atoms with E-state index in [4.69, 9.17) is 5.73 Å². The highest BCUT2D eigenvalue weighted by Gasteiger charge is 1.98. The van der Waals surface area contributed by atoms with Crippen LogP contribution in [-0.2, 0) is 5.75 Å². The van der Waals surface area contributed by atoms with Crippen LogP contribution in [0.1, 0.15) is 11.1 Å². The first-order valence-corrected chi connectivity index (χ1v) is 8.84. The first-order chi connectivity index (χ1) is 12.3. The predicted octanol–water partition coefficient (Wildman–Crippen LogP) is 4.33. The SMILES string of the molecule is NC(=NN=Cc1ccc(-c2ccccn2)cc1)SCc1ccccc1. The second-order valence-corrected chi connectivity index (χ2v) is 6.29. The van der Waals surface area contributed by atoms with E-state index in [9.17, 15) is 0 Å². The molecule has 0 amide bonds. The van der Waals surface area contributed by atoms with Crippen molar-refractivity contribution >= 4 is 23.1 Å². The molecule has 0 unspecified atom stereocenters. The second kappa shape index (κ2) is 8.80. The van der Waals surface area contributed by atoms with Crippen molar-refractivity contribution in [1.29, 1.82) is 0 Å². The fraction of sp³-hybridized carbons (Fsp3) is 0.0500. The number of nitrogens with two attached hydrogens (primary N) is 1. The van der Waals surface area contributed by atoms with E-state index in [0.717, 1.165) is 22.6 Å². The van der Waals surface area contributed by atoms with Crippen LogP contribution in [0.25, 0.3) is 11.3 Å². The normalized spacial score (nSPS) is 11.8. The van der Waals surface area contributed by atoms with Crippen molar-refractivity contribution in [2.45, 2.75) is 5.75 Å². The van der Waals surface area contributed by atoms with Gasteiger partial charge in [0.05, 0.1) is 11.9 Å². The molecule has 0 aliphatic carbocycles. The molecule has 2 aromatic carbocycles. The molecule has 2 N–H and O–H groups in total. The highest BCUT2D eigenvalue weighted by atomic mass is 32.2. The summed E-state index contributed by atoms with van der Waals surface area (Å²) in [5.74, 6) is 0.782. The van der Waals surface area contributed by atoms with Gasteiger partial charge in [0.25, 0.3) is 0 Å². The molecule has 0 aliphatic heterocycles. The summed E-state index contributed by atoms with van der Waals surface area (Å²) < 4.78 is 0. The average Bonchev–Trinajstić information content (AvgIpc) is 2.68. The van der Waals surface area contributed by atoms with Gasteiger partial charge in [0.1, 0.15) is 0 Å². The third-order valence-corrected chi connectivity index (χ3v) is 4.32. The van der Waals surface area contributed by atoms with E-state index in [-0.39, 0.29) is 0 Å².